The molecule has 0 radical (unpaired) electrons. The first-order chi connectivity index (χ1) is 16.4. The van der Waals surface area contributed by atoms with Gasteiger partial charge in [-0.15, -0.1) is 11.4 Å². The molecule has 0 aromatic heterocycles. The first-order valence-corrected chi connectivity index (χ1v) is 10.1. The SMILES string of the molecule is [NH-]c1ccccc1[N-]c1ccccc1C(=O)[OH2+].[NH-]c1ccccc1[N-]c1ccccc1C(=O)[OH2+].[Ni+2]. The van der Waals surface area contributed by atoms with E-state index in [0.29, 0.717) is 34.1 Å². The number of para-hydroxylation sites is 4. The molecule has 0 aliphatic heterocycles. The molecule has 0 unspecified atom stereocenters. The van der Waals surface area contributed by atoms with E-state index in [4.69, 9.17) is 21.7 Å². The molecule has 35 heavy (non-hydrogen) atoms. The summed E-state index contributed by atoms with van der Waals surface area (Å²) >= 11 is 0. The number of carbonyl (C=O) groups is 2. The Morgan fingerprint density at radius 2 is 0.800 bits per heavy atom. The van der Waals surface area contributed by atoms with Gasteiger partial charge < -0.3 is 32.3 Å². The van der Waals surface area contributed by atoms with Gasteiger partial charge in [0.2, 0.25) is 0 Å². The van der Waals surface area contributed by atoms with Crippen molar-refractivity contribution >= 4 is 46.1 Å². The Kier molecular flexibility index (Phi) is 9.69. The summed E-state index contributed by atoms with van der Waals surface area (Å²) < 4.78 is 0. The number of nitrogens with one attached hydrogen (secondary N) is 2. The van der Waals surface area contributed by atoms with E-state index in [1.54, 1.807) is 97.1 Å². The molecule has 4 rings (SSSR count). The molecule has 0 bridgehead atoms. The number of benzene rings is 4. The fraction of sp³-hybridized carbons (Fsp3) is 0. The zero-order valence-electron chi connectivity index (χ0n) is 18.3. The molecule has 0 aliphatic carbocycles. The van der Waals surface area contributed by atoms with Crippen LogP contribution in [0.5, 0.6) is 0 Å². The van der Waals surface area contributed by atoms with Gasteiger partial charge in [0.15, 0.2) is 0 Å². The summed E-state index contributed by atoms with van der Waals surface area (Å²) in [6, 6.07) is 27.0. The van der Waals surface area contributed by atoms with Crippen LogP contribution in [0.1, 0.15) is 20.7 Å². The van der Waals surface area contributed by atoms with E-state index in [2.05, 4.69) is 10.6 Å². The first-order valence-electron chi connectivity index (χ1n) is 10.1. The molecule has 0 atom stereocenters. The minimum atomic E-state index is -0.771. The average molecular weight is 513 g/mol. The summed E-state index contributed by atoms with van der Waals surface area (Å²) in [5, 5.41) is 22.7. The van der Waals surface area contributed by atoms with Crippen molar-refractivity contribution in [3.05, 3.63) is 130 Å². The van der Waals surface area contributed by atoms with Gasteiger partial charge in [-0.1, -0.05) is 84.9 Å². The van der Waals surface area contributed by atoms with Crippen molar-refractivity contribution in [3.8, 4) is 0 Å². The number of hydrogen-bond acceptors (Lipinski definition) is 2. The van der Waals surface area contributed by atoms with Crippen molar-refractivity contribution in [2.75, 3.05) is 0 Å². The van der Waals surface area contributed by atoms with E-state index in [1.807, 2.05) is 0 Å². The molecule has 6 N–H and O–H groups in total. The van der Waals surface area contributed by atoms with E-state index in [-0.39, 0.29) is 27.6 Å². The number of nitrogens with zero attached hydrogens (tertiary/aromatic N) is 2. The van der Waals surface area contributed by atoms with Crippen LogP contribution in [0.15, 0.2) is 97.1 Å². The zero-order valence-corrected chi connectivity index (χ0v) is 19.3. The summed E-state index contributed by atoms with van der Waals surface area (Å²) in [6.07, 6.45) is 0. The van der Waals surface area contributed by atoms with Crippen molar-refractivity contribution in [2.45, 2.75) is 0 Å². The summed E-state index contributed by atoms with van der Waals surface area (Å²) in [5.74, 6) is -1.54. The second-order valence-electron chi connectivity index (χ2n) is 6.95. The molecular formula is C26H22N4NiO4. The molecule has 0 saturated heterocycles. The summed E-state index contributed by atoms with van der Waals surface area (Å²) in [5.41, 5.74) is 18.2. The van der Waals surface area contributed by atoms with E-state index in [9.17, 15) is 9.59 Å². The number of hydrogen-bond donors (Lipinski definition) is 0. The maximum absolute atomic E-state index is 11.1. The third-order valence-electron chi connectivity index (χ3n) is 4.59. The standard InChI is InChI=1S/2C13H10N2O2.Ni/c2*14-10-6-2-4-8-12(10)15-11-7-3-1-5-9(11)13(16)17;/h2*1-8,14H,(H,16,17);/q2*-2;+2/p+2. The molecule has 0 spiro atoms. The third kappa shape index (κ3) is 7.25. The molecule has 0 fully saturated rings. The quantitative estimate of drug-likeness (QED) is 0.198. The van der Waals surface area contributed by atoms with Gasteiger partial charge in [-0.25, -0.2) is 0 Å². The predicted molar refractivity (Wildman–Crippen MR) is 135 cm³/mol. The maximum atomic E-state index is 11.1. The summed E-state index contributed by atoms with van der Waals surface area (Å²) in [4.78, 5) is 22.2. The van der Waals surface area contributed by atoms with Crippen LogP contribution in [-0.2, 0) is 16.5 Å². The molecule has 0 aliphatic rings. The molecule has 8 nitrogen and oxygen atoms in total. The monoisotopic (exact) mass is 512 g/mol. The van der Waals surface area contributed by atoms with Crippen molar-refractivity contribution in [1.29, 1.82) is 0 Å². The normalized spacial score (nSPS) is 9.60. The van der Waals surface area contributed by atoms with Crippen LogP contribution >= 0.6 is 0 Å². The smallest absolute Gasteiger partial charge is 0.700 e. The Balaban J connectivity index is 0.000000240. The molecule has 180 valence electrons. The second-order valence-corrected chi connectivity index (χ2v) is 6.95. The average Bonchev–Trinajstić information content (AvgIpc) is 2.83. The van der Waals surface area contributed by atoms with Gasteiger partial charge in [-0.2, -0.15) is 22.7 Å². The predicted octanol–water partition coefficient (Wildman–Crippen LogP) is 7.14. The largest absolute Gasteiger partial charge is 2.00 e. The Bertz CT molecular complexity index is 1210. The van der Waals surface area contributed by atoms with Crippen molar-refractivity contribution in [1.82, 2.24) is 0 Å². The summed E-state index contributed by atoms with van der Waals surface area (Å²) in [7, 11) is 0. The number of rotatable bonds is 6. The Labute approximate surface area is 212 Å². The number of carbonyl (C=O) groups excluding carboxylic acids is 2. The Morgan fingerprint density at radius 3 is 1.11 bits per heavy atom. The van der Waals surface area contributed by atoms with Crippen molar-refractivity contribution in [3.63, 3.8) is 0 Å². The van der Waals surface area contributed by atoms with Gasteiger partial charge in [0.1, 0.15) is 11.1 Å². The van der Waals surface area contributed by atoms with Crippen molar-refractivity contribution in [2.24, 2.45) is 0 Å². The maximum Gasteiger partial charge on any atom is 2.00 e. The molecule has 0 heterocycles. The van der Waals surface area contributed by atoms with Gasteiger partial charge in [0.25, 0.3) is 0 Å². The Hall–Kier alpha value is -4.49. The first kappa shape index (κ1) is 26.8. The van der Waals surface area contributed by atoms with Crippen LogP contribution in [0, 0.1) is 0 Å². The molecule has 0 saturated carbocycles. The minimum Gasteiger partial charge on any atom is -0.700 e. The van der Waals surface area contributed by atoms with E-state index in [0.717, 1.165) is 0 Å². The molecule has 4 aromatic carbocycles. The fourth-order valence-electron chi connectivity index (χ4n) is 2.93. The minimum absolute atomic E-state index is 0. The summed E-state index contributed by atoms with van der Waals surface area (Å²) in [6.45, 7) is 0. The zero-order chi connectivity index (χ0) is 24.5. The molecule has 4 aromatic rings. The topological polar surface area (TPSA) is 156 Å². The Morgan fingerprint density at radius 1 is 0.514 bits per heavy atom. The van der Waals surface area contributed by atoms with Gasteiger partial charge >= 0.3 is 28.4 Å². The van der Waals surface area contributed by atoms with Crippen LogP contribution < -0.4 is 0 Å². The van der Waals surface area contributed by atoms with Gasteiger partial charge in [-0.3, -0.25) is 0 Å². The van der Waals surface area contributed by atoms with E-state index in [1.165, 1.54) is 0 Å². The van der Waals surface area contributed by atoms with Crippen LogP contribution in [-0.4, -0.2) is 22.2 Å². The van der Waals surface area contributed by atoms with Crippen LogP contribution in [0.3, 0.4) is 0 Å². The van der Waals surface area contributed by atoms with E-state index >= 15 is 0 Å². The molecule has 9 heteroatoms. The fourth-order valence-corrected chi connectivity index (χ4v) is 2.93. The van der Waals surface area contributed by atoms with Crippen LogP contribution in [0.25, 0.3) is 22.1 Å². The molecule has 0 amide bonds. The van der Waals surface area contributed by atoms with Gasteiger partial charge in [0, 0.05) is 9.59 Å². The van der Waals surface area contributed by atoms with Gasteiger partial charge in [-0.05, 0) is 12.1 Å². The third-order valence-corrected chi connectivity index (χ3v) is 4.59. The molecular weight excluding hydrogens is 491 g/mol. The van der Waals surface area contributed by atoms with Crippen molar-refractivity contribution < 1.29 is 36.3 Å². The van der Waals surface area contributed by atoms with Crippen LogP contribution in [0.2, 0.25) is 0 Å². The second kappa shape index (κ2) is 12.7. The van der Waals surface area contributed by atoms with Gasteiger partial charge in [0.05, 0.1) is 0 Å². The van der Waals surface area contributed by atoms with E-state index < -0.39 is 11.9 Å². The van der Waals surface area contributed by atoms with Crippen LogP contribution in [0.4, 0.5) is 34.1 Å².